The van der Waals surface area contributed by atoms with E-state index in [1.807, 2.05) is 24.3 Å². The number of halogens is 3. The molecule has 0 radical (unpaired) electrons. The van der Waals surface area contributed by atoms with E-state index >= 15 is 0 Å². The van der Waals surface area contributed by atoms with Crippen LogP contribution in [0.2, 0.25) is 0 Å². The average Bonchev–Trinajstić information content (AvgIpc) is 2.31. The van der Waals surface area contributed by atoms with E-state index < -0.39 is 17.7 Å². The van der Waals surface area contributed by atoms with E-state index in [1.165, 1.54) is 12.1 Å². The van der Waals surface area contributed by atoms with Crippen molar-refractivity contribution < 1.29 is 8.78 Å². The van der Waals surface area contributed by atoms with Crippen LogP contribution in [0, 0.1) is 11.6 Å². The van der Waals surface area contributed by atoms with Gasteiger partial charge in [0.2, 0.25) is 0 Å². The minimum atomic E-state index is -0.601. The lowest BCUT2D eigenvalue weighted by Crippen LogP contribution is -2.13. The van der Waals surface area contributed by atoms with Gasteiger partial charge in [-0.2, -0.15) is 0 Å². The van der Waals surface area contributed by atoms with Crippen LogP contribution in [0.3, 0.4) is 0 Å². The summed E-state index contributed by atoms with van der Waals surface area (Å²) in [5.74, 6) is -1.20. The highest BCUT2D eigenvalue weighted by molar-refractivity contribution is 9.10. The lowest BCUT2D eigenvalue weighted by molar-refractivity contribution is 0.572. The molecule has 94 valence electrons. The van der Waals surface area contributed by atoms with Gasteiger partial charge in [-0.25, -0.2) is 8.78 Å². The first-order chi connectivity index (χ1) is 8.54. The van der Waals surface area contributed by atoms with E-state index in [9.17, 15) is 8.78 Å². The largest absolute Gasteiger partial charge is 0.324 e. The van der Waals surface area contributed by atoms with Crippen LogP contribution in [0.15, 0.2) is 46.9 Å². The van der Waals surface area contributed by atoms with Gasteiger partial charge in [-0.05, 0) is 41.8 Å². The molecule has 0 spiro atoms. The van der Waals surface area contributed by atoms with Gasteiger partial charge in [0.15, 0.2) is 0 Å². The summed E-state index contributed by atoms with van der Waals surface area (Å²) in [6.45, 7) is 0. The lowest BCUT2D eigenvalue weighted by atomic mass is 9.99. The number of benzene rings is 2. The molecule has 0 aliphatic rings. The molecule has 2 rings (SSSR count). The molecule has 1 unspecified atom stereocenters. The Kier molecular flexibility index (Phi) is 4.09. The van der Waals surface area contributed by atoms with Crippen LogP contribution in [0.25, 0.3) is 0 Å². The third kappa shape index (κ3) is 3.37. The Morgan fingerprint density at radius 1 is 1.00 bits per heavy atom. The van der Waals surface area contributed by atoms with Gasteiger partial charge >= 0.3 is 0 Å². The molecular weight excluding hydrogens is 300 g/mol. The van der Waals surface area contributed by atoms with Crippen molar-refractivity contribution in [2.24, 2.45) is 5.73 Å². The minimum Gasteiger partial charge on any atom is -0.324 e. The number of rotatable bonds is 3. The first-order valence-electron chi connectivity index (χ1n) is 5.50. The molecule has 0 aromatic heterocycles. The van der Waals surface area contributed by atoms with Crippen molar-refractivity contribution in [2.45, 2.75) is 12.5 Å². The maximum atomic E-state index is 13.1. The highest BCUT2D eigenvalue weighted by Crippen LogP contribution is 2.19. The molecule has 1 nitrogen and oxygen atoms in total. The van der Waals surface area contributed by atoms with Crippen molar-refractivity contribution in [3.63, 3.8) is 0 Å². The summed E-state index contributed by atoms with van der Waals surface area (Å²) in [5, 5.41) is 0. The van der Waals surface area contributed by atoms with Crippen LogP contribution < -0.4 is 5.73 Å². The standard InChI is InChI=1S/C14H12BrF2N/c15-11-3-1-9(2-4-11)5-14(18)10-6-12(16)8-13(17)7-10/h1-4,6-8,14H,5,18H2. The van der Waals surface area contributed by atoms with Gasteiger partial charge in [0, 0.05) is 16.6 Å². The number of nitrogens with two attached hydrogens (primary N) is 1. The van der Waals surface area contributed by atoms with Gasteiger partial charge in [-0.1, -0.05) is 28.1 Å². The normalized spacial score (nSPS) is 12.4. The Morgan fingerprint density at radius 2 is 1.56 bits per heavy atom. The SMILES string of the molecule is NC(Cc1ccc(Br)cc1)c1cc(F)cc(F)c1. The maximum absolute atomic E-state index is 13.1. The molecule has 0 aliphatic heterocycles. The second kappa shape index (κ2) is 5.59. The molecule has 18 heavy (non-hydrogen) atoms. The summed E-state index contributed by atoms with van der Waals surface area (Å²) in [7, 11) is 0. The van der Waals surface area contributed by atoms with E-state index in [1.54, 1.807) is 0 Å². The molecule has 0 saturated heterocycles. The summed E-state index contributed by atoms with van der Waals surface area (Å²) in [6.07, 6.45) is 0.538. The molecule has 1 atom stereocenters. The van der Waals surface area contributed by atoms with Crippen molar-refractivity contribution in [2.75, 3.05) is 0 Å². The molecule has 2 aromatic rings. The fraction of sp³-hybridized carbons (Fsp3) is 0.143. The fourth-order valence-electron chi connectivity index (χ4n) is 1.78. The zero-order valence-electron chi connectivity index (χ0n) is 9.54. The van der Waals surface area contributed by atoms with Gasteiger partial charge in [-0.3, -0.25) is 0 Å². The van der Waals surface area contributed by atoms with Gasteiger partial charge in [0.1, 0.15) is 11.6 Å². The summed E-state index contributed by atoms with van der Waals surface area (Å²) < 4.78 is 27.1. The Hall–Kier alpha value is -1.26. The van der Waals surface area contributed by atoms with Crippen LogP contribution in [0.4, 0.5) is 8.78 Å². The van der Waals surface area contributed by atoms with Crippen LogP contribution in [-0.2, 0) is 6.42 Å². The summed E-state index contributed by atoms with van der Waals surface area (Å²) in [5.41, 5.74) is 7.45. The zero-order chi connectivity index (χ0) is 13.1. The van der Waals surface area contributed by atoms with Gasteiger partial charge in [0.25, 0.3) is 0 Å². The second-order valence-corrected chi connectivity index (χ2v) is 5.06. The predicted octanol–water partition coefficient (Wildman–Crippen LogP) is 3.97. The van der Waals surface area contributed by atoms with E-state index in [0.717, 1.165) is 16.1 Å². The van der Waals surface area contributed by atoms with E-state index in [0.29, 0.717) is 12.0 Å². The highest BCUT2D eigenvalue weighted by Gasteiger charge is 2.10. The first-order valence-corrected chi connectivity index (χ1v) is 6.30. The maximum Gasteiger partial charge on any atom is 0.126 e. The molecule has 0 fully saturated rings. The van der Waals surface area contributed by atoms with Gasteiger partial charge in [0.05, 0.1) is 0 Å². The van der Waals surface area contributed by atoms with Crippen molar-refractivity contribution in [1.82, 2.24) is 0 Å². The zero-order valence-corrected chi connectivity index (χ0v) is 11.1. The average molecular weight is 312 g/mol. The van der Waals surface area contributed by atoms with Gasteiger partial charge in [-0.15, -0.1) is 0 Å². The number of hydrogen-bond acceptors (Lipinski definition) is 1. The van der Waals surface area contributed by atoms with Crippen LogP contribution in [0.1, 0.15) is 17.2 Å². The molecule has 0 heterocycles. The Bertz CT molecular complexity index is 520. The fourth-order valence-corrected chi connectivity index (χ4v) is 2.05. The van der Waals surface area contributed by atoms with Gasteiger partial charge < -0.3 is 5.73 Å². The van der Waals surface area contributed by atoms with Crippen LogP contribution in [-0.4, -0.2) is 0 Å². The third-order valence-corrected chi connectivity index (χ3v) is 3.21. The third-order valence-electron chi connectivity index (χ3n) is 2.68. The van der Waals surface area contributed by atoms with E-state index in [-0.39, 0.29) is 0 Å². The van der Waals surface area contributed by atoms with Crippen molar-refractivity contribution in [3.05, 3.63) is 69.7 Å². The molecule has 2 aromatic carbocycles. The van der Waals surface area contributed by atoms with E-state index in [2.05, 4.69) is 15.9 Å². The molecule has 0 aliphatic carbocycles. The van der Waals surface area contributed by atoms with Crippen LogP contribution in [0.5, 0.6) is 0 Å². The Labute approximate surface area is 113 Å². The highest BCUT2D eigenvalue weighted by atomic mass is 79.9. The molecular formula is C14H12BrF2N. The van der Waals surface area contributed by atoms with Crippen molar-refractivity contribution >= 4 is 15.9 Å². The summed E-state index contributed by atoms with van der Waals surface area (Å²) in [4.78, 5) is 0. The Balaban J connectivity index is 2.16. The summed E-state index contributed by atoms with van der Waals surface area (Å²) >= 11 is 3.35. The molecule has 4 heteroatoms. The molecule has 0 bridgehead atoms. The van der Waals surface area contributed by atoms with Crippen molar-refractivity contribution in [3.8, 4) is 0 Å². The monoisotopic (exact) mass is 311 g/mol. The second-order valence-electron chi connectivity index (χ2n) is 4.14. The molecule has 0 amide bonds. The van der Waals surface area contributed by atoms with Crippen molar-refractivity contribution in [1.29, 1.82) is 0 Å². The van der Waals surface area contributed by atoms with E-state index in [4.69, 9.17) is 5.73 Å². The summed E-state index contributed by atoms with van der Waals surface area (Å²) in [6, 6.07) is 10.6. The minimum absolute atomic E-state index is 0.420. The quantitative estimate of drug-likeness (QED) is 0.912. The number of hydrogen-bond donors (Lipinski definition) is 1. The smallest absolute Gasteiger partial charge is 0.126 e. The topological polar surface area (TPSA) is 26.0 Å². The molecule has 0 saturated carbocycles. The lowest BCUT2D eigenvalue weighted by Gasteiger charge is -2.12. The first kappa shape index (κ1) is 13.2. The Morgan fingerprint density at radius 3 is 2.11 bits per heavy atom. The predicted molar refractivity (Wildman–Crippen MR) is 71.1 cm³/mol. The molecule has 2 N–H and O–H groups in total. The van der Waals surface area contributed by atoms with Crippen LogP contribution >= 0.6 is 15.9 Å².